The van der Waals surface area contributed by atoms with Gasteiger partial charge in [-0.2, -0.15) is 0 Å². The number of aliphatic hydroxyl groups excluding tert-OH is 3. The number of piperazine rings is 1. The number of β-lactam (4-membered cyclic amide) rings is 1. The number of halogens is 2. The molecule has 80 heavy (non-hydrogen) atoms. The van der Waals surface area contributed by atoms with Gasteiger partial charge < -0.3 is 75.4 Å². The van der Waals surface area contributed by atoms with Crippen LogP contribution in [0.2, 0.25) is 0 Å². The van der Waals surface area contributed by atoms with Gasteiger partial charge in [0.05, 0.1) is 34.9 Å². The molecular weight excluding hydrogens is 1110 g/mol. The quantitative estimate of drug-likeness (QED) is 0.0400. The number of carboxylic acid groups (broad SMARTS) is 2. The van der Waals surface area contributed by atoms with Gasteiger partial charge in [-0.25, -0.2) is 18.8 Å². The van der Waals surface area contributed by atoms with Gasteiger partial charge in [-0.05, 0) is 76.1 Å². The molecule has 0 radical (unpaired) electrons. The van der Waals surface area contributed by atoms with Gasteiger partial charge in [-0.3, -0.25) is 29.0 Å². The van der Waals surface area contributed by atoms with Crippen molar-refractivity contribution >= 4 is 93.2 Å². The molecule has 6 aliphatic rings. The van der Waals surface area contributed by atoms with E-state index < -0.39 is 93.8 Å². The van der Waals surface area contributed by atoms with Crippen LogP contribution in [0.5, 0.6) is 0 Å². The van der Waals surface area contributed by atoms with Crippen LogP contribution in [0.25, 0.3) is 10.9 Å². The number of anilines is 1. The number of thioether (sulfide) groups is 2. The second-order valence-corrected chi connectivity index (χ2v) is 22.7. The predicted octanol–water partition coefficient (Wildman–Crippen LogP) is 1.44. The molecule has 11 atom stereocenters. The molecule has 2 aromatic heterocycles. The van der Waals surface area contributed by atoms with E-state index in [1.54, 1.807) is 25.3 Å². The second-order valence-electron chi connectivity index (χ2n) is 19.9. The molecule has 1 aromatic carbocycles. The normalized spacial score (nSPS) is 26.6. The molecular formula is C51H67ClFN9O16S2. The van der Waals surface area contributed by atoms with E-state index in [9.17, 15) is 63.5 Å². The summed E-state index contributed by atoms with van der Waals surface area (Å²) in [6.07, 6.45) is 3.48. The zero-order valence-corrected chi connectivity index (χ0v) is 46.9. The number of oxime groups is 1. The highest BCUT2D eigenvalue weighted by Gasteiger charge is 2.55. The first-order valence-corrected chi connectivity index (χ1v) is 28.6. The summed E-state index contributed by atoms with van der Waals surface area (Å²) in [6, 6.07) is 4.22. The second kappa shape index (κ2) is 27.2. The standard InChI is InChI=1S/C18H33ClN2O5S.C17H18FN3O3.C16H16N4O8S/c1-5-6-10-7-11(21(3)8-10)17(25)20-12(9(2)19)16-14(23)13(22)15(24)18(26-16)27-4;18-13-7-11-14(8-15(13)20-5-3-19-4-6-20)21(10-1-2-10)9-12(16(11)22)17(23)24;1-26-19-9(8-3-2-4-27-8)12(21)18-10-13(22)20-11(15(23)24)7(5-28-16(17)25)6-29-14(10)20/h9-16,18,22-24H,5-8H2,1-4H3,(H,20,25);7-10,19H,1-6H2,(H,23,24);2-4,10,14H,5-6H2,1H3,(H2,17,25)(H,18,21)(H,23,24)/b;;19-9+/t9?,10-,11+,12?,13+,14-,15-,16-,18-;;10-,14-/m1.1/s1. The van der Waals surface area contributed by atoms with Crippen LogP contribution in [-0.2, 0) is 33.5 Å². The summed E-state index contributed by atoms with van der Waals surface area (Å²) in [6.45, 7) is 7.35. The Morgan fingerprint density at radius 3 is 2.38 bits per heavy atom. The van der Waals surface area contributed by atoms with Gasteiger partial charge in [0.1, 0.15) is 72.1 Å². The van der Waals surface area contributed by atoms with E-state index in [2.05, 4.69) is 37.6 Å². The number of ether oxygens (including phenoxy) is 2. The number of carboxylic acids is 2. The number of aromatic nitrogens is 1. The number of carbonyl (C=O) groups excluding carboxylic acids is 4. The van der Waals surface area contributed by atoms with Crippen LogP contribution in [-0.4, -0.2) is 206 Å². The number of hydrogen-bond acceptors (Lipinski definition) is 20. The van der Waals surface area contributed by atoms with Crippen molar-refractivity contribution in [2.45, 2.75) is 111 Å². The smallest absolute Gasteiger partial charge is 0.404 e. The number of likely N-dealkylation sites (N-methyl/N-ethyl adjacent to an activating group) is 1. The molecule has 438 valence electrons. The molecule has 1 aliphatic carbocycles. The van der Waals surface area contributed by atoms with Crippen LogP contribution in [0, 0.1) is 11.7 Å². The number of benzene rings is 1. The monoisotopic (exact) mass is 1180 g/mol. The topological polar surface area (TPSA) is 351 Å². The van der Waals surface area contributed by atoms with Crippen LogP contribution in [0.3, 0.4) is 0 Å². The molecule has 10 N–H and O–H groups in total. The third-order valence-corrected chi connectivity index (χ3v) is 16.9. The fraction of sp³-hybridized carbons (Fsp3) is 0.569. The zero-order valence-electron chi connectivity index (χ0n) is 44.5. The molecule has 4 amide bonds. The maximum absolute atomic E-state index is 14.6. The van der Waals surface area contributed by atoms with E-state index in [4.69, 9.17) is 26.5 Å². The summed E-state index contributed by atoms with van der Waals surface area (Å²) in [5.74, 6) is -3.79. The maximum atomic E-state index is 14.6. The lowest BCUT2D eigenvalue weighted by Crippen LogP contribution is -2.71. The summed E-state index contributed by atoms with van der Waals surface area (Å²) in [5, 5.41) is 60.6. The lowest BCUT2D eigenvalue weighted by atomic mass is 9.92. The number of rotatable bonds is 17. The number of primary amides is 1. The minimum Gasteiger partial charge on any atom is -0.477 e. The molecule has 4 saturated heterocycles. The Morgan fingerprint density at radius 1 is 1.07 bits per heavy atom. The third-order valence-electron chi connectivity index (χ3n) is 14.4. The summed E-state index contributed by atoms with van der Waals surface area (Å²) in [4.78, 5) is 93.9. The maximum Gasteiger partial charge on any atom is 0.404 e. The largest absolute Gasteiger partial charge is 0.477 e. The van der Waals surface area contributed by atoms with Gasteiger partial charge in [-0.15, -0.1) is 35.1 Å². The SMILES string of the molecule is CCC[C@@H]1C[C@@H](C(=O)NC(C(C)Cl)[C@H]2O[C@H](SC)[C@H](O)[C@@H](O)[C@H]2O)N(C)C1.CO/N=C(/C(=O)N[C@@H]1C(=O)N2C(C(=O)O)=C(COC(N)=O)CS[C@H]12)c1ccco1.O=C(O)c1cn(C2CC2)c2cc(N3CCNCC3)c(F)cc2c1=O. The van der Waals surface area contributed by atoms with Gasteiger partial charge in [0.15, 0.2) is 5.76 Å². The number of amides is 4. The molecule has 3 aromatic rings. The molecule has 9 rings (SSSR count). The van der Waals surface area contributed by atoms with Crippen molar-refractivity contribution < 1.29 is 77.4 Å². The Hall–Kier alpha value is -5.98. The molecule has 5 fully saturated rings. The van der Waals surface area contributed by atoms with E-state index in [0.717, 1.165) is 56.6 Å². The Kier molecular flexibility index (Phi) is 20.9. The van der Waals surface area contributed by atoms with E-state index in [1.807, 2.05) is 21.4 Å². The first kappa shape index (κ1) is 61.6. The van der Waals surface area contributed by atoms with Gasteiger partial charge in [-0.1, -0.05) is 18.5 Å². The number of carbonyl (C=O) groups is 6. The highest BCUT2D eigenvalue weighted by Crippen LogP contribution is 2.41. The van der Waals surface area contributed by atoms with Crippen molar-refractivity contribution in [1.29, 1.82) is 0 Å². The summed E-state index contributed by atoms with van der Waals surface area (Å²) in [5.41, 5.74) is 4.13. The predicted molar refractivity (Wildman–Crippen MR) is 293 cm³/mol. The Labute approximate surface area is 472 Å². The van der Waals surface area contributed by atoms with Crippen LogP contribution >= 0.6 is 35.1 Å². The number of nitrogens with two attached hydrogens (primary N) is 1. The van der Waals surface area contributed by atoms with Gasteiger partial charge in [0.25, 0.3) is 11.8 Å². The van der Waals surface area contributed by atoms with Crippen molar-refractivity contribution in [2.24, 2.45) is 16.8 Å². The van der Waals surface area contributed by atoms with Crippen LogP contribution < -0.4 is 32.0 Å². The molecule has 5 aliphatic heterocycles. The Balaban J connectivity index is 0.000000174. The average molecular weight is 1180 g/mol. The molecule has 29 heteroatoms. The van der Waals surface area contributed by atoms with Crippen LogP contribution in [0.1, 0.15) is 68.1 Å². The Bertz CT molecular complexity index is 2890. The highest BCUT2D eigenvalue weighted by molar-refractivity contribution is 8.00. The van der Waals surface area contributed by atoms with E-state index in [0.29, 0.717) is 30.2 Å². The van der Waals surface area contributed by atoms with Crippen molar-refractivity contribution in [3.8, 4) is 0 Å². The number of aromatic carboxylic acids is 1. The first-order valence-electron chi connectivity index (χ1n) is 25.8. The summed E-state index contributed by atoms with van der Waals surface area (Å²) < 4.78 is 32.0. The average Bonchev–Trinajstić information content (AvgIpc) is 4.05. The minimum absolute atomic E-state index is 0.137. The number of pyridine rings is 1. The Morgan fingerprint density at radius 2 is 1.79 bits per heavy atom. The van der Waals surface area contributed by atoms with Gasteiger partial charge >= 0.3 is 18.0 Å². The first-order chi connectivity index (χ1) is 38.1. The number of hydrogen-bond donors (Lipinski definition) is 9. The third kappa shape index (κ3) is 13.8. The molecule has 25 nitrogen and oxygen atoms in total. The number of furan rings is 1. The van der Waals surface area contributed by atoms with E-state index >= 15 is 0 Å². The number of fused-ring (bicyclic) bond motifs is 2. The fourth-order valence-electron chi connectivity index (χ4n) is 10.3. The molecule has 1 saturated carbocycles. The molecule has 2 unspecified atom stereocenters. The van der Waals surface area contributed by atoms with Gasteiger partial charge in [0.2, 0.25) is 17.0 Å². The zero-order chi connectivity index (χ0) is 58.3. The molecule has 7 heterocycles. The van der Waals surface area contributed by atoms with E-state index in [-0.39, 0.29) is 64.0 Å². The lowest BCUT2D eigenvalue weighted by Gasteiger charge is -2.49. The number of likely N-dealkylation sites (tertiary alicyclic amines) is 1. The van der Waals surface area contributed by atoms with Crippen molar-refractivity contribution in [3.63, 3.8) is 0 Å². The number of nitrogens with zero attached hydrogens (tertiary/aromatic N) is 5. The molecule has 0 spiro atoms. The molecule has 0 bridgehead atoms. The number of aliphatic carboxylic acids is 1. The van der Waals surface area contributed by atoms with Gasteiger partial charge in [0, 0.05) is 61.7 Å². The summed E-state index contributed by atoms with van der Waals surface area (Å²) in [7, 11) is 3.19. The summed E-state index contributed by atoms with van der Waals surface area (Å²) >= 11 is 8.76. The van der Waals surface area contributed by atoms with Crippen LogP contribution in [0.15, 0.2) is 62.4 Å². The number of nitrogens with one attached hydrogen (secondary N) is 3. The highest BCUT2D eigenvalue weighted by atomic mass is 35.5. The number of aliphatic hydroxyl groups is 3. The fourth-order valence-corrected chi connectivity index (χ4v) is 12.5. The van der Waals surface area contributed by atoms with E-state index in [1.165, 1.54) is 55.2 Å². The minimum atomic E-state index is -1.36. The van der Waals surface area contributed by atoms with Crippen LogP contribution in [0.4, 0.5) is 14.9 Å². The van der Waals surface area contributed by atoms with Crippen molar-refractivity contribution in [2.75, 3.05) is 70.4 Å². The number of alkyl halides is 1. The lowest BCUT2D eigenvalue weighted by molar-refractivity contribution is -0.205. The van der Waals surface area contributed by atoms with Crippen molar-refractivity contribution in [1.82, 2.24) is 30.3 Å². The van der Waals surface area contributed by atoms with Crippen molar-refractivity contribution in [3.05, 3.63) is 75.4 Å².